The van der Waals surface area contributed by atoms with Crippen molar-refractivity contribution in [3.05, 3.63) is 27.7 Å². The highest BCUT2D eigenvalue weighted by atomic mass is 79.9. The maximum absolute atomic E-state index is 12.5. The summed E-state index contributed by atoms with van der Waals surface area (Å²) in [5, 5.41) is 0. The lowest BCUT2D eigenvalue weighted by atomic mass is 9.86. The summed E-state index contributed by atoms with van der Waals surface area (Å²) in [5.41, 5.74) is 13.4. The summed E-state index contributed by atoms with van der Waals surface area (Å²) in [7, 11) is 1.37. The smallest absolute Gasteiger partial charge is 0.340 e. The molecule has 25 heavy (non-hydrogen) atoms. The molecule has 1 aromatic carbocycles. The van der Waals surface area contributed by atoms with Crippen molar-refractivity contribution < 1.29 is 9.53 Å². The molecule has 134 valence electrons. The Morgan fingerprint density at radius 2 is 1.96 bits per heavy atom. The van der Waals surface area contributed by atoms with Crippen LogP contribution in [0.5, 0.6) is 0 Å². The van der Waals surface area contributed by atoms with E-state index in [2.05, 4.69) is 25.9 Å². The number of nitrogens with zero attached hydrogens (tertiary/aromatic N) is 3. The Bertz CT molecular complexity index is 769. The number of nitrogens with two attached hydrogens (primary N) is 2. The molecule has 1 fully saturated rings. The van der Waals surface area contributed by atoms with Crippen LogP contribution in [0.15, 0.2) is 26.6 Å². The number of guanidine groups is 2. The van der Waals surface area contributed by atoms with Crippen molar-refractivity contribution in [2.24, 2.45) is 21.5 Å². The van der Waals surface area contributed by atoms with Gasteiger partial charge in [-0.25, -0.2) is 9.79 Å². The summed E-state index contributed by atoms with van der Waals surface area (Å²) in [5.74, 6) is 0.0143. The van der Waals surface area contributed by atoms with Gasteiger partial charge in [0, 0.05) is 4.47 Å². The van der Waals surface area contributed by atoms with E-state index in [1.807, 2.05) is 24.0 Å². The number of carbonyl (C=O) groups is 1. The standard InChI is InChI=1S/C17H22BrN5O2/c1-10-11(18)6-7-12(13(10)14(24)25-2)23-16(20)21-15(19)22-17(23)8-4-3-5-9-17/h6-7H,3-5,8-9H2,1-2H3,(H4,19,20,21,22). The molecule has 1 spiro atoms. The Kier molecular flexibility index (Phi) is 4.73. The van der Waals surface area contributed by atoms with Gasteiger partial charge < -0.3 is 16.2 Å². The number of esters is 1. The van der Waals surface area contributed by atoms with E-state index in [1.165, 1.54) is 7.11 Å². The lowest BCUT2D eigenvalue weighted by molar-refractivity contribution is 0.0600. The van der Waals surface area contributed by atoms with Crippen molar-refractivity contribution in [2.75, 3.05) is 12.0 Å². The van der Waals surface area contributed by atoms with Crippen LogP contribution in [0, 0.1) is 6.92 Å². The molecule has 2 aliphatic rings. The molecule has 4 N–H and O–H groups in total. The number of anilines is 1. The summed E-state index contributed by atoms with van der Waals surface area (Å²) < 4.78 is 5.83. The molecule has 1 aliphatic carbocycles. The average molecular weight is 408 g/mol. The van der Waals surface area contributed by atoms with E-state index in [-0.39, 0.29) is 11.9 Å². The molecule has 1 saturated carbocycles. The van der Waals surface area contributed by atoms with Crippen molar-refractivity contribution in [2.45, 2.75) is 44.7 Å². The number of halogens is 1. The quantitative estimate of drug-likeness (QED) is 0.732. The highest BCUT2D eigenvalue weighted by molar-refractivity contribution is 9.10. The van der Waals surface area contributed by atoms with Crippen LogP contribution in [-0.4, -0.2) is 30.7 Å². The van der Waals surface area contributed by atoms with Gasteiger partial charge in [0.25, 0.3) is 0 Å². The fourth-order valence-corrected chi connectivity index (χ4v) is 4.02. The first-order valence-corrected chi connectivity index (χ1v) is 9.06. The third kappa shape index (κ3) is 2.99. The molecule has 1 aromatic rings. The molecule has 1 heterocycles. The Labute approximate surface area is 155 Å². The second kappa shape index (κ2) is 6.67. The van der Waals surface area contributed by atoms with Crippen LogP contribution in [0.1, 0.15) is 48.0 Å². The number of benzene rings is 1. The van der Waals surface area contributed by atoms with Gasteiger partial charge in [-0.3, -0.25) is 4.90 Å². The van der Waals surface area contributed by atoms with E-state index in [1.54, 1.807) is 0 Å². The first kappa shape index (κ1) is 17.7. The number of hydrogen-bond donors (Lipinski definition) is 2. The molecule has 7 nitrogen and oxygen atoms in total. The molecule has 0 unspecified atom stereocenters. The molecule has 0 amide bonds. The van der Waals surface area contributed by atoms with E-state index in [0.29, 0.717) is 11.3 Å². The van der Waals surface area contributed by atoms with Crippen LogP contribution in [0.25, 0.3) is 0 Å². The van der Waals surface area contributed by atoms with Gasteiger partial charge in [-0.1, -0.05) is 22.4 Å². The van der Waals surface area contributed by atoms with Gasteiger partial charge in [0.1, 0.15) is 5.66 Å². The number of ether oxygens (including phenoxy) is 1. The maximum atomic E-state index is 12.5. The monoisotopic (exact) mass is 407 g/mol. The Hall–Kier alpha value is -2.09. The average Bonchev–Trinajstić information content (AvgIpc) is 2.57. The van der Waals surface area contributed by atoms with E-state index in [9.17, 15) is 4.79 Å². The summed E-state index contributed by atoms with van der Waals surface area (Å²) in [4.78, 5) is 23.1. The molecule has 0 aromatic heterocycles. The maximum Gasteiger partial charge on any atom is 0.340 e. The number of rotatable bonds is 2. The van der Waals surface area contributed by atoms with Gasteiger partial charge in [-0.2, -0.15) is 4.99 Å². The third-order valence-corrected chi connectivity index (χ3v) is 5.72. The first-order chi connectivity index (χ1) is 11.9. The lowest BCUT2D eigenvalue weighted by Gasteiger charge is -2.46. The molecule has 8 heteroatoms. The minimum absolute atomic E-state index is 0.184. The zero-order valence-electron chi connectivity index (χ0n) is 14.4. The first-order valence-electron chi connectivity index (χ1n) is 8.27. The van der Waals surface area contributed by atoms with E-state index >= 15 is 0 Å². The summed E-state index contributed by atoms with van der Waals surface area (Å²) in [6.07, 6.45) is 4.79. The summed E-state index contributed by atoms with van der Waals surface area (Å²) >= 11 is 3.48. The molecule has 0 radical (unpaired) electrons. The Morgan fingerprint density at radius 1 is 1.28 bits per heavy atom. The van der Waals surface area contributed by atoms with Crippen LogP contribution < -0.4 is 16.4 Å². The van der Waals surface area contributed by atoms with Gasteiger partial charge in [0.2, 0.25) is 11.9 Å². The zero-order valence-corrected chi connectivity index (χ0v) is 16.0. The van der Waals surface area contributed by atoms with Gasteiger partial charge in [-0.15, -0.1) is 0 Å². The summed E-state index contributed by atoms with van der Waals surface area (Å²) in [6.45, 7) is 1.86. The van der Waals surface area contributed by atoms with Crippen molar-refractivity contribution in [1.82, 2.24) is 0 Å². The molecule has 1 aliphatic heterocycles. The van der Waals surface area contributed by atoms with Gasteiger partial charge >= 0.3 is 5.97 Å². The Balaban J connectivity index is 2.21. The van der Waals surface area contributed by atoms with E-state index in [4.69, 9.17) is 16.2 Å². The van der Waals surface area contributed by atoms with Crippen molar-refractivity contribution in [3.63, 3.8) is 0 Å². The molecular formula is C17H22BrN5O2. The molecule has 0 atom stereocenters. The highest BCUT2D eigenvalue weighted by Crippen LogP contribution is 2.42. The van der Waals surface area contributed by atoms with Crippen molar-refractivity contribution in [3.8, 4) is 0 Å². The van der Waals surface area contributed by atoms with Gasteiger partial charge in [0.05, 0.1) is 18.4 Å². The van der Waals surface area contributed by atoms with Crippen LogP contribution in [0.3, 0.4) is 0 Å². The van der Waals surface area contributed by atoms with Gasteiger partial charge in [-0.05, 0) is 50.3 Å². The van der Waals surface area contributed by atoms with E-state index < -0.39 is 11.6 Å². The fourth-order valence-electron chi connectivity index (χ4n) is 3.69. The molecule has 0 saturated heterocycles. The SMILES string of the molecule is COC(=O)c1c(N2C(N)=NC(N)=NC23CCCCC3)ccc(Br)c1C. The molecule has 0 bridgehead atoms. The Morgan fingerprint density at radius 3 is 2.60 bits per heavy atom. The number of carbonyl (C=O) groups excluding carboxylic acids is 1. The van der Waals surface area contributed by atoms with Gasteiger partial charge in [0.15, 0.2) is 0 Å². The zero-order chi connectivity index (χ0) is 18.2. The predicted octanol–water partition coefficient (Wildman–Crippen LogP) is 2.65. The van der Waals surface area contributed by atoms with Crippen LogP contribution in [0.2, 0.25) is 0 Å². The second-order valence-corrected chi connectivity index (χ2v) is 7.23. The largest absolute Gasteiger partial charge is 0.465 e. The van der Waals surface area contributed by atoms with Crippen molar-refractivity contribution in [1.29, 1.82) is 0 Å². The van der Waals surface area contributed by atoms with E-state index in [0.717, 1.165) is 42.1 Å². The second-order valence-electron chi connectivity index (χ2n) is 6.38. The summed E-state index contributed by atoms with van der Waals surface area (Å²) in [6, 6.07) is 3.74. The molecule has 3 rings (SSSR count). The minimum Gasteiger partial charge on any atom is -0.465 e. The van der Waals surface area contributed by atoms with Crippen LogP contribution in [0.4, 0.5) is 5.69 Å². The van der Waals surface area contributed by atoms with Crippen LogP contribution in [-0.2, 0) is 4.74 Å². The predicted molar refractivity (Wildman–Crippen MR) is 102 cm³/mol. The molecular weight excluding hydrogens is 386 g/mol. The fraction of sp³-hybridized carbons (Fsp3) is 0.471. The third-order valence-electron chi connectivity index (χ3n) is 4.86. The lowest BCUT2D eigenvalue weighted by Crippen LogP contribution is -2.58. The van der Waals surface area contributed by atoms with Crippen molar-refractivity contribution >= 4 is 39.5 Å². The normalized spacial score (nSPS) is 19.4. The number of aliphatic imine (C=N–C) groups is 2. The number of hydrogen-bond acceptors (Lipinski definition) is 7. The number of methoxy groups -OCH3 is 1. The minimum atomic E-state index is -0.600. The topological polar surface area (TPSA) is 106 Å². The highest BCUT2D eigenvalue weighted by Gasteiger charge is 2.44. The van der Waals surface area contributed by atoms with Crippen LogP contribution >= 0.6 is 15.9 Å².